The molecule has 4 heteroatoms. The van der Waals surface area contributed by atoms with Crippen molar-refractivity contribution >= 4 is 0 Å². The molecule has 1 atom stereocenters. The molecule has 0 bridgehead atoms. The molecule has 0 amide bonds. The maximum Gasteiger partial charge on any atom is 0.158 e. The van der Waals surface area contributed by atoms with Gasteiger partial charge >= 0.3 is 0 Å². The summed E-state index contributed by atoms with van der Waals surface area (Å²) in [5, 5.41) is 18.6. The van der Waals surface area contributed by atoms with Crippen LogP contribution in [0.2, 0.25) is 0 Å². The van der Waals surface area contributed by atoms with Gasteiger partial charge in [0.1, 0.15) is 11.5 Å². The highest BCUT2D eigenvalue weighted by Gasteiger charge is 2.14. The number of rotatable bonds is 3. The molecular formula is C12H16O4. The normalized spacial score (nSPS) is 20.9. The predicted octanol–water partition coefficient (Wildman–Crippen LogP) is 2.14. The number of hydrogen-bond donors (Lipinski definition) is 2. The van der Waals surface area contributed by atoms with E-state index in [0.717, 1.165) is 31.4 Å². The molecule has 1 unspecified atom stereocenters. The summed E-state index contributed by atoms with van der Waals surface area (Å²) in [4.78, 5) is 0. The average Bonchev–Trinajstić information content (AvgIpc) is 2.27. The lowest BCUT2D eigenvalue weighted by Crippen LogP contribution is -2.21. The number of aromatic hydroxyl groups is 2. The minimum absolute atomic E-state index is 0.0446. The Morgan fingerprint density at radius 1 is 1.19 bits per heavy atom. The largest absolute Gasteiger partial charge is 0.508 e. The van der Waals surface area contributed by atoms with E-state index in [2.05, 4.69) is 0 Å². The van der Waals surface area contributed by atoms with E-state index in [1.165, 1.54) is 6.07 Å². The van der Waals surface area contributed by atoms with Crippen LogP contribution < -0.4 is 0 Å². The molecule has 1 aromatic rings. The lowest BCUT2D eigenvalue weighted by molar-refractivity contribution is -0.168. The van der Waals surface area contributed by atoms with Gasteiger partial charge in [-0.3, -0.25) is 0 Å². The fraction of sp³-hybridized carbons (Fsp3) is 0.500. The van der Waals surface area contributed by atoms with Crippen molar-refractivity contribution in [1.29, 1.82) is 0 Å². The van der Waals surface area contributed by atoms with E-state index >= 15 is 0 Å². The van der Waals surface area contributed by atoms with Crippen molar-refractivity contribution in [3.63, 3.8) is 0 Å². The molecule has 0 spiro atoms. The van der Waals surface area contributed by atoms with E-state index in [1.54, 1.807) is 12.1 Å². The summed E-state index contributed by atoms with van der Waals surface area (Å²) in [7, 11) is 0. The third kappa shape index (κ3) is 3.12. The van der Waals surface area contributed by atoms with Crippen molar-refractivity contribution in [3.05, 3.63) is 23.8 Å². The molecule has 1 aromatic carbocycles. The van der Waals surface area contributed by atoms with Crippen LogP contribution in [0.5, 0.6) is 11.5 Å². The van der Waals surface area contributed by atoms with Gasteiger partial charge in [0.05, 0.1) is 6.61 Å². The molecule has 88 valence electrons. The first-order chi connectivity index (χ1) is 7.74. The highest BCUT2D eigenvalue weighted by Crippen LogP contribution is 2.22. The molecular weight excluding hydrogens is 208 g/mol. The summed E-state index contributed by atoms with van der Waals surface area (Å²) in [6.45, 7) is 1.09. The second-order valence-corrected chi connectivity index (χ2v) is 3.96. The Balaban J connectivity index is 1.88. The third-order valence-corrected chi connectivity index (χ3v) is 2.54. The Morgan fingerprint density at radius 3 is 2.56 bits per heavy atom. The molecule has 1 heterocycles. The van der Waals surface area contributed by atoms with Crippen LogP contribution in [0, 0.1) is 0 Å². The Bertz CT molecular complexity index is 325. The maximum absolute atomic E-state index is 9.28. The molecule has 4 nitrogen and oxygen atoms in total. The zero-order chi connectivity index (χ0) is 11.4. The summed E-state index contributed by atoms with van der Waals surface area (Å²) in [5.41, 5.74) is 0.742. The van der Waals surface area contributed by atoms with Crippen molar-refractivity contribution in [3.8, 4) is 11.5 Å². The molecule has 1 aliphatic heterocycles. The minimum Gasteiger partial charge on any atom is -0.508 e. The molecule has 16 heavy (non-hydrogen) atoms. The minimum atomic E-state index is -0.154. The van der Waals surface area contributed by atoms with E-state index in [-0.39, 0.29) is 17.8 Å². The number of hydrogen-bond acceptors (Lipinski definition) is 4. The first kappa shape index (κ1) is 11.2. The van der Waals surface area contributed by atoms with Crippen molar-refractivity contribution in [2.75, 3.05) is 6.61 Å². The van der Waals surface area contributed by atoms with Gasteiger partial charge in [0, 0.05) is 12.7 Å². The number of ether oxygens (including phenoxy) is 2. The van der Waals surface area contributed by atoms with Crippen LogP contribution in [0.4, 0.5) is 0 Å². The SMILES string of the molecule is Oc1cc(O)cc(COC2CCCCO2)c1. The fourth-order valence-electron chi connectivity index (χ4n) is 1.77. The van der Waals surface area contributed by atoms with E-state index < -0.39 is 0 Å². The lowest BCUT2D eigenvalue weighted by Gasteiger charge is -2.22. The van der Waals surface area contributed by atoms with Gasteiger partial charge < -0.3 is 19.7 Å². The summed E-state index contributed by atoms with van der Waals surface area (Å²) in [6.07, 6.45) is 2.96. The van der Waals surface area contributed by atoms with Gasteiger partial charge in [-0.1, -0.05) is 0 Å². The Labute approximate surface area is 94.4 Å². The average molecular weight is 224 g/mol. The summed E-state index contributed by atoms with van der Waals surface area (Å²) in [6, 6.07) is 4.44. The van der Waals surface area contributed by atoms with Crippen molar-refractivity contribution in [1.82, 2.24) is 0 Å². The van der Waals surface area contributed by atoms with Gasteiger partial charge in [0.15, 0.2) is 6.29 Å². The molecule has 2 rings (SSSR count). The fourth-order valence-corrected chi connectivity index (χ4v) is 1.77. The summed E-state index contributed by atoms with van der Waals surface area (Å²) < 4.78 is 10.9. The maximum atomic E-state index is 9.28. The highest BCUT2D eigenvalue weighted by molar-refractivity contribution is 5.36. The van der Waals surface area contributed by atoms with Gasteiger partial charge in [-0.2, -0.15) is 0 Å². The molecule has 0 saturated carbocycles. The highest BCUT2D eigenvalue weighted by atomic mass is 16.7. The Kier molecular flexibility index (Phi) is 3.64. The zero-order valence-corrected chi connectivity index (χ0v) is 9.06. The second-order valence-electron chi connectivity index (χ2n) is 3.96. The van der Waals surface area contributed by atoms with E-state index in [0.29, 0.717) is 6.61 Å². The van der Waals surface area contributed by atoms with Gasteiger partial charge in [-0.05, 0) is 37.0 Å². The van der Waals surface area contributed by atoms with E-state index in [1.807, 2.05) is 0 Å². The summed E-state index contributed by atoms with van der Waals surface area (Å²) >= 11 is 0. The van der Waals surface area contributed by atoms with E-state index in [9.17, 15) is 10.2 Å². The first-order valence-corrected chi connectivity index (χ1v) is 5.49. The van der Waals surface area contributed by atoms with Crippen LogP contribution in [-0.2, 0) is 16.1 Å². The third-order valence-electron chi connectivity index (χ3n) is 2.54. The zero-order valence-electron chi connectivity index (χ0n) is 9.06. The number of phenolic OH excluding ortho intramolecular Hbond substituents is 2. The number of benzene rings is 1. The van der Waals surface area contributed by atoms with Crippen LogP contribution in [-0.4, -0.2) is 23.1 Å². The molecule has 0 aromatic heterocycles. The molecule has 0 radical (unpaired) electrons. The van der Waals surface area contributed by atoms with E-state index in [4.69, 9.17) is 9.47 Å². The number of phenols is 2. The van der Waals surface area contributed by atoms with Crippen molar-refractivity contribution in [2.24, 2.45) is 0 Å². The Morgan fingerprint density at radius 2 is 1.94 bits per heavy atom. The van der Waals surface area contributed by atoms with Gasteiger partial charge in [0.2, 0.25) is 0 Å². The Hall–Kier alpha value is -1.26. The van der Waals surface area contributed by atoms with Crippen LogP contribution in [0.15, 0.2) is 18.2 Å². The topological polar surface area (TPSA) is 58.9 Å². The summed E-state index contributed by atoms with van der Waals surface area (Å²) in [5.74, 6) is 0.0892. The standard InChI is InChI=1S/C12H16O4/c13-10-5-9(6-11(14)7-10)8-16-12-3-1-2-4-15-12/h5-7,12-14H,1-4,8H2. The molecule has 0 aliphatic carbocycles. The van der Waals surface area contributed by atoms with Gasteiger partial charge in [-0.15, -0.1) is 0 Å². The van der Waals surface area contributed by atoms with Gasteiger partial charge in [-0.25, -0.2) is 0 Å². The lowest BCUT2D eigenvalue weighted by atomic mass is 10.2. The monoisotopic (exact) mass is 224 g/mol. The molecule has 1 fully saturated rings. The van der Waals surface area contributed by atoms with Gasteiger partial charge in [0.25, 0.3) is 0 Å². The smallest absolute Gasteiger partial charge is 0.158 e. The molecule has 1 aliphatic rings. The van der Waals surface area contributed by atoms with Crippen LogP contribution in [0.1, 0.15) is 24.8 Å². The molecule has 1 saturated heterocycles. The van der Waals surface area contributed by atoms with Crippen LogP contribution in [0.3, 0.4) is 0 Å². The van der Waals surface area contributed by atoms with Crippen molar-refractivity contribution < 1.29 is 19.7 Å². The molecule has 2 N–H and O–H groups in total. The second kappa shape index (κ2) is 5.18. The van der Waals surface area contributed by atoms with Crippen molar-refractivity contribution in [2.45, 2.75) is 32.2 Å². The van der Waals surface area contributed by atoms with Crippen LogP contribution in [0.25, 0.3) is 0 Å². The predicted molar refractivity (Wildman–Crippen MR) is 58.2 cm³/mol. The quantitative estimate of drug-likeness (QED) is 0.825. The first-order valence-electron chi connectivity index (χ1n) is 5.49. The van der Waals surface area contributed by atoms with Crippen LogP contribution >= 0.6 is 0 Å².